The highest BCUT2D eigenvalue weighted by atomic mass is 35.5. The van der Waals surface area contributed by atoms with Gasteiger partial charge in [0.2, 0.25) is 29.5 Å². The number of rotatable bonds is 12. The van der Waals surface area contributed by atoms with Crippen molar-refractivity contribution in [2.45, 2.75) is 69.7 Å². The van der Waals surface area contributed by atoms with Crippen molar-refractivity contribution in [2.24, 2.45) is 5.73 Å². The van der Waals surface area contributed by atoms with Crippen LogP contribution >= 0.6 is 11.6 Å². The number of fused-ring (bicyclic) bond motifs is 5. The van der Waals surface area contributed by atoms with E-state index in [0.29, 0.717) is 35.5 Å². The van der Waals surface area contributed by atoms with Gasteiger partial charge in [0.05, 0.1) is 0 Å². The molecule has 0 radical (unpaired) electrons. The lowest BCUT2D eigenvalue weighted by Gasteiger charge is -2.32. The molecular formula is C45H52ClN7O8. The zero-order chi connectivity index (χ0) is 44.5. The Bertz CT molecular complexity index is 2270. The second-order valence-electron chi connectivity index (χ2n) is 15.3. The van der Waals surface area contributed by atoms with E-state index in [9.17, 15) is 39.0 Å². The summed E-state index contributed by atoms with van der Waals surface area (Å²) in [5.74, 6) is -4.21. The number of nitrogens with two attached hydrogens (primary N) is 1. The van der Waals surface area contributed by atoms with E-state index >= 15 is 0 Å². The highest BCUT2D eigenvalue weighted by molar-refractivity contribution is 6.30. The van der Waals surface area contributed by atoms with Crippen molar-refractivity contribution in [3.8, 4) is 33.8 Å². The smallest absolute Gasteiger partial charge is 0.251 e. The van der Waals surface area contributed by atoms with Crippen LogP contribution in [0.15, 0.2) is 84.9 Å². The molecule has 0 saturated heterocycles. The summed E-state index contributed by atoms with van der Waals surface area (Å²) in [5.41, 5.74) is 8.78. The van der Waals surface area contributed by atoms with E-state index in [-0.39, 0.29) is 46.9 Å². The number of halogens is 1. The van der Waals surface area contributed by atoms with Crippen LogP contribution in [-0.4, -0.2) is 107 Å². The lowest BCUT2D eigenvalue weighted by atomic mass is 9.93. The first-order chi connectivity index (χ1) is 29.0. The Morgan fingerprint density at radius 1 is 0.803 bits per heavy atom. The quantitative estimate of drug-likeness (QED) is 0.103. The molecule has 0 aliphatic carbocycles. The molecular weight excluding hydrogens is 802 g/mol. The van der Waals surface area contributed by atoms with Gasteiger partial charge in [-0.05, 0) is 110 Å². The largest absolute Gasteiger partial charge is 0.507 e. The number of benzene rings is 4. The monoisotopic (exact) mass is 853 g/mol. The van der Waals surface area contributed by atoms with Crippen LogP contribution in [0.1, 0.15) is 60.6 Å². The number of phenols is 2. The van der Waals surface area contributed by atoms with Crippen LogP contribution in [0.3, 0.4) is 0 Å². The van der Waals surface area contributed by atoms with Gasteiger partial charge in [-0.15, -0.1) is 0 Å². The van der Waals surface area contributed by atoms with Crippen molar-refractivity contribution in [3.63, 3.8) is 0 Å². The maximum atomic E-state index is 14.5. The molecule has 8 N–H and O–H groups in total. The Kier molecular flexibility index (Phi) is 15.1. The molecule has 1 heterocycles. The number of hydrogen-bond donors (Lipinski definition) is 7. The molecule has 0 aromatic heterocycles. The minimum atomic E-state index is -1.43. The van der Waals surface area contributed by atoms with Gasteiger partial charge >= 0.3 is 0 Å². The van der Waals surface area contributed by atoms with Crippen LogP contribution in [-0.2, 0) is 30.4 Å². The summed E-state index contributed by atoms with van der Waals surface area (Å²) in [6.07, 6.45) is 1.13. The molecule has 16 heteroatoms. The number of carbonyl (C=O) groups excluding carboxylic acids is 6. The average Bonchev–Trinajstić information content (AvgIpc) is 3.23. The van der Waals surface area contributed by atoms with Gasteiger partial charge in [-0.25, -0.2) is 0 Å². The van der Waals surface area contributed by atoms with Gasteiger partial charge in [-0.2, -0.15) is 0 Å². The van der Waals surface area contributed by atoms with E-state index in [1.807, 2.05) is 12.1 Å². The van der Waals surface area contributed by atoms with Crippen molar-refractivity contribution in [1.29, 1.82) is 0 Å². The summed E-state index contributed by atoms with van der Waals surface area (Å²) in [7, 11) is 4.48. The Hall–Kier alpha value is -6.45. The first-order valence-electron chi connectivity index (χ1n) is 19.9. The third kappa shape index (κ3) is 11.2. The third-order valence-electron chi connectivity index (χ3n) is 10.5. The van der Waals surface area contributed by atoms with E-state index < -0.39 is 59.7 Å². The molecule has 4 aromatic rings. The second-order valence-corrected chi connectivity index (χ2v) is 15.8. The SMILES string of the molecule is C[C@@H]1NC(=O)[C@@H](N(C)C(=O)[C@H](CCCCN)NC(=O)c2ccc(-c3ccc(Cl)cc3)cc2)c2ccc(O)c(c2)-c2cc(ccc2O)C[C@@H](C(=O)N[C@@H](C)C(=O)N(C)C)NC1=O. The van der Waals surface area contributed by atoms with Gasteiger partial charge in [0.25, 0.3) is 5.91 Å². The lowest BCUT2D eigenvalue weighted by molar-refractivity contribution is -0.141. The van der Waals surface area contributed by atoms with Crippen LogP contribution in [0.25, 0.3) is 22.3 Å². The van der Waals surface area contributed by atoms with Crippen molar-refractivity contribution in [1.82, 2.24) is 31.1 Å². The van der Waals surface area contributed by atoms with E-state index in [4.69, 9.17) is 17.3 Å². The molecule has 5 atom stereocenters. The van der Waals surface area contributed by atoms with Crippen molar-refractivity contribution in [3.05, 3.63) is 107 Å². The molecule has 0 unspecified atom stereocenters. The van der Waals surface area contributed by atoms with Gasteiger partial charge in [-0.1, -0.05) is 48.0 Å². The number of nitrogens with zero attached hydrogens (tertiary/aromatic N) is 2. The van der Waals surface area contributed by atoms with E-state index in [2.05, 4.69) is 21.3 Å². The van der Waals surface area contributed by atoms with Gasteiger partial charge in [0.1, 0.15) is 41.7 Å². The summed E-state index contributed by atoms with van der Waals surface area (Å²) in [6, 6.07) is 16.9. The molecule has 4 bridgehead atoms. The predicted octanol–water partition coefficient (Wildman–Crippen LogP) is 3.65. The lowest BCUT2D eigenvalue weighted by Crippen LogP contribution is -2.57. The fraction of sp³-hybridized carbons (Fsp3) is 0.333. The average molecular weight is 854 g/mol. The Morgan fingerprint density at radius 3 is 2.03 bits per heavy atom. The molecule has 322 valence electrons. The summed E-state index contributed by atoms with van der Waals surface area (Å²) in [5, 5.41) is 33.6. The van der Waals surface area contributed by atoms with E-state index in [0.717, 1.165) is 16.0 Å². The van der Waals surface area contributed by atoms with Crippen LogP contribution in [0.2, 0.25) is 5.02 Å². The molecule has 1 aliphatic rings. The Morgan fingerprint density at radius 2 is 1.41 bits per heavy atom. The molecule has 4 aromatic carbocycles. The third-order valence-corrected chi connectivity index (χ3v) is 10.8. The van der Waals surface area contributed by atoms with E-state index in [1.54, 1.807) is 62.6 Å². The Balaban J connectivity index is 1.49. The maximum Gasteiger partial charge on any atom is 0.251 e. The highest BCUT2D eigenvalue weighted by Gasteiger charge is 2.36. The number of likely N-dealkylation sites (N-methyl/N-ethyl adjacent to an activating group) is 2. The number of phenolic OH excluding ortho intramolecular Hbond substituents is 2. The molecule has 5 rings (SSSR count). The second kappa shape index (κ2) is 20.2. The minimum Gasteiger partial charge on any atom is -0.507 e. The highest BCUT2D eigenvalue weighted by Crippen LogP contribution is 2.39. The number of carbonyl (C=O) groups is 6. The number of aromatic hydroxyl groups is 2. The molecule has 0 spiro atoms. The maximum absolute atomic E-state index is 14.5. The summed E-state index contributed by atoms with van der Waals surface area (Å²) in [6.45, 7) is 3.27. The van der Waals surface area contributed by atoms with Crippen molar-refractivity contribution < 1.29 is 39.0 Å². The van der Waals surface area contributed by atoms with Gasteiger partial charge in [-0.3, -0.25) is 28.8 Å². The zero-order valence-corrected chi connectivity index (χ0v) is 35.5. The van der Waals surface area contributed by atoms with Gasteiger partial charge in [0, 0.05) is 49.3 Å². The topological polar surface area (TPSA) is 224 Å². The fourth-order valence-electron chi connectivity index (χ4n) is 7.10. The summed E-state index contributed by atoms with van der Waals surface area (Å²) >= 11 is 6.04. The number of hydrogen-bond acceptors (Lipinski definition) is 9. The summed E-state index contributed by atoms with van der Waals surface area (Å²) < 4.78 is 0. The molecule has 15 nitrogen and oxygen atoms in total. The number of unbranched alkanes of at least 4 members (excludes halogenated alkanes) is 1. The van der Waals surface area contributed by atoms with Crippen LogP contribution in [0.5, 0.6) is 11.5 Å². The first kappa shape index (κ1) is 45.6. The zero-order valence-electron chi connectivity index (χ0n) is 34.7. The fourth-order valence-corrected chi connectivity index (χ4v) is 7.23. The minimum absolute atomic E-state index is 0.0849. The van der Waals surface area contributed by atoms with Gasteiger partial charge < -0.3 is 47.0 Å². The van der Waals surface area contributed by atoms with Crippen molar-refractivity contribution >= 4 is 47.0 Å². The molecule has 6 amide bonds. The number of amides is 6. The van der Waals surface area contributed by atoms with Gasteiger partial charge in [0.15, 0.2) is 0 Å². The van der Waals surface area contributed by atoms with Crippen LogP contribution < -0.4 is 27.0 Å². The van der Waals surface area contributed by atoms with E-state index in [1.165, 1.54) is 50.1 Å². The van der Waals surface area contributed by atoms with Crippen molar-refractivity contribution in [2.75, 3.05) is 27.7 Å². The normalized spacial score (nSPS) is 17.4. The van der Waals surface area contributed by atoms with Crippen LogP contribution in [0, 0.1) is 0 Å². The standard InChI is InChI=1S/C45H52ClN7O8/c1-25-40(56)51-36(42(58)49-26(2)44(60)52(3)4)23-27-9-19-37(54)33(22-27)34-24-31(16-20-38(34)55)39(43(59)48-25)53(5)45(61)35(8-6-7-21-47)50-41(57)30-12-10-28(11-13-30)29-14-17-32(46)18-15-29/h9-20,22,24-26,35-36,39,54-55H,6-8,21,23,47H2,1-5H3,(H,48,59)(H,49,58)(H,50,57)(H,51,56)/t25-,26-,35-,36-,39-/m0/s1. The molecule has 61 heavy (non-hydrogen) atoms. The summed E-state index contributed by atoms with van der Waals surface area (Å²) in [4.78, 5) is 85.0. The first-order valence-corrected chi connectivity index (χ1v) is 20.3. The molecule has 0 fully saturated rings. The predicted molar refractivity (Wildman–Crippen MR) is 231 cm³/mol. The molecule has 0 saturated carbocycles. The van der Waals surface area contributed by atoms with Crippen LogP contribution in [0.4, 0.5) is 0 Å². The number of nitrogens with one attached hydrogen (secondary N) is 4. The molecule has 1 aliphatic heterocycles. The Labute approximate surface area is 359 Å².